The third-order valence-corrected chi connectivity index (χ3v) is 3.15. The quantitative estimate of drug-likeness (QED) is 0.756. The largest absolute Gasteiger partial charge is 0.369 e. The molecule has 1 aromatic rings. The smallest absolute Gasteiger partial charge is 0.147 e. The molecule has 3 nitrogen and oxygen atoms in total. The van der Waals surface area contributed by atoms with E-state index in [1.807, 2.05) is 0 Å². The van der Waals surface area contributed by atoms with Gasteiger partial charge >= 0.3 is 0 Å². The Morgan fingerprint density at radius 1 is 1.17 bits per heavy atom. The van der Waals surface area contributed by atoms with Gasteiger partial charge in [-0.2, -0.15) is 0 Å². The predicted octanol–water partition coefficient (Wildman–Crippen LogP) is 4.81. The van der Waals surface area contributed by atoms with Crippen LogP contribution in [0.5, 0.6) is 0 Å². The van der Waals surface area contributed by atoms with Crippen LogP contribution in [0.4, 0.5) is 11.6 Å². The average Bonchev–Trinajstić information content (AvgIpc) is 2.31. The highest BCUT2D eigenvalue weighted by molar-refractivity contribution is 6.37. The van der Waals surface area contributed by atoms with Crippen molar-refractivity contribution in [1.82, 2.24) is 4.98 Å². The normalized spacial score (nSPS) is 12.3. The molecule has 0 saturated carbocycles. The van der Waals surface area contributed by atoms with Crippen molar-refractivity contribution in [2.45, 2.75) is 46.1 Å². The number of aromatic nitrogens is 1. The third kappa shape index (κ3) is 4.54. The van der Waals surface area contributed by atoms with Crippen molar-refractivity contribution in [3.05, 3.63) is 16.1 Å². The number of anilines is 2. The van der Waals surface area contributed by atoms with Crippen LogP contribution >= 0.6 is 23.2 Å². The summed E-state index contributed by atoms with van der Waals surface area (Å²) in [6, 6.07) is 2.08. The summed E-state index contributed by atoms with van der Waals surface area (Å²) in [7, 11) is 0. The Morgan fingerprint density at radius 3 is 2.44 bits per heavy atom. The minimum atomic E-state index is 0.347. The van der Waals surface area contributed by atoms with Gasteiger partial charge in [0.05, 0.1) is 10.0 Å². The molecule has 0 fully saturated rings. The summed E-state index contributed by atoms with van der Waals surface area (Å²) in [5, 5.41) is 7.62. The zero-order valence-electron chi connectivity index (χ0n) is 11.2. The summed E-state index contributed by atoms with van der Waals surface area (Å²) in [5.41, 5.74) is 0. The van der Waals surface area contributed by atoms with E-state index in [0.717, 1.165) is 25.8 Å². The second kappa shape index (κ2) is 7.70. The Hall–Kier alpha value is -0.670. The highest BCUT2D eigenvalue weighted by Crippen LogP contribution is 2.29. The zero-order valence-corrected chi connectivity index (χ0v) is 12.7. The van der Waals surface area contributed by atoms with Gasteiger partial charge in [0.25, 0.3) is 0 Å². The fourth-order valence-electron chi connectivity index (χ4n) is 1.67. The molecule has 0 bridgehead atoms. The Bertz CT molecular complexity index is 383. The van der Waals surface area contributed by atoms with Crippen LogP contribution in [-0.2, 0) is 0 Å². The topological polar surface area (TPSA) is 37.0 Å². The van der Waals surface area contributed by atoms with Gasteiger partial charge in [0, 0.05) is 12.6 Å². The number of pyridine rings is 1. The molecule has 0 radical (unpaired) electrons. The maximum Gasteiger partial charge on any atom is 0.147 e. The first-order valence-corrected chi connectivity index (χ1v) is 7.20. The molecule has 1 atom stereocenters. The molecular formula is C13H21Cl2N3. The van der Waals surface area contributed by atoms with E-state index in [9.17, 15) is 0 Å². The summed E-state index contributed by atoms with van der Waals surface area (Å²) in [6.07, 6.45) is 3.23. The number of nitrogens with zero attached hydrogens (tertiary/aromatic N) is 1. The number of hydrogen-bond donors (Lipinski definition) is 2. The maximum absolute atomic E-state index is 6.14. The fraction of sp³-hybridized carbons (Fsp3) is 0.615. The lowest BCUT2D eigenvalue weighted by Crippen LogP contribution is -2.16. The number of halogens is 2. The van der Waals surface area contributed by atoms with Crippen molar-refractivity contribution in [3.63, 3.8) is 0 Å². The molecule has 102 valence electrons. The van der Waals surface area contributed by atoms with Crippen LogP contribution in [0, 0.1) is 0 Å². The third-order valence-electron chi connectivity index (χ3n) is 2.58. The van der Waals surface area contributed by atoms with Crippen molar-refractivity contribution >= 4 is 34.8 Å². The summed E-state index contributed by atoms with van der Waals surface area (Å²) in [5.74, 6) is 1.38. The lowest BCUT2D eigenvalue weighted by Gasteiger charge is -2.16. The van der Waals surface area contributed by atoms with E-state index in [0.29, 0.717) is 27.7 Å². The minimum Gasteiger partial charge on any atom is -0.369 e. The van der Waals surface area contributed by atoms with Crippen LogP contribution in [0.1, 0.15) is 40.0 Å². The molecule has 1 aromatic heterocycles. The second-order valence-corrected chi connectivity index (χ2v) is 5.22. The highest BCUT2D eigenvalue weighted by atomic mass is 35.5. The van der Waals surface area contributed by atoms with Gasteiger partial charge in [0.1, 0.15) is 11.6 Å². The van der Waals surface area contributed by atoms with Gasteiger partial charge in [-0.15, -0.1) is 0 Å². The molecule has 18 heavy (non-hydrogen) atoms. The first-order chi connectivity index (χ1) is 8.58. The molecule has 0 spiro atoms. The maximum atomic E-state index is 6.14. The van der Waals surface area contributed by atoms with Crippen LogP contribution in [-0.4, -0.2) is 17.6 Å². The second-order valence-electron chi connectivity index (χ2n) is 4.41. The molecule has 0 aromatic carbocycles. The lowest BCUT2D eigenvalue weighted by molar-refractivity contribution is 0.687. The van der Waals surface area contributed by atoms with Gasteiger partial charge in [-0.1, -0.05) is 43.5 Å². The van der Waals surface area contributed by atoms with E-state index >= 15 is 0 Å². The van der Waals surface area contributed by atoms with Crippen LogP contribution in [0.3, 0.4) is 0 Å². The van der Waals surface area contributed by atoms with E-state index in [1.165, 1.54) is 0 Å². The van der Waals surface area contributed by atoms with Crippen molar-refractivity contribution in [3.8, 4) is 0 Å². The number of hydrogen-bond acceptors (Lipinski definition) is 3. The standard InChI is InChI=1S/C13H21Cl2N3/c1-4-6-9(3)17-13-11(15)8-10(14)12(18-13)16-7-5-2/h8-9H,4-7H2,1-3H3,(H2,16,17,18). The van der Waals surface area contributed by atoms with Gasteiger partial charge in [-0.05, 0) is 25.8 Å². The van der Waals surface area contributed by atoms with Gasteiger partial charge < -0.3 is 10.6 Å². The van der Waals surface area contributed by atoms with Crippen LogP contribution < -0.4 is 10.6 Å². The molecule has 0 saturated heterocycles. The minimum absolute atomic E-state index is 0.347. The number of nitrogens with one attached hydrogen (secondary N) is 2. The molecule has 1 heterocycles. The average molecular weight is 290 g/mol. The highest BCUT2D eigenvalue weighted by Gasteiger charge is 2.10. The van der Waals surface area contributed by atoms with Gasteiger partial charge in [0.15, 0.2) is 0 Å². The van der Waals surface area contributed by atoms with E-state index in [2.05, 4.69) is 36.4 Å². The van der Waals surface area contributed by atoms with Crippen molar-refractivity contribution < 1.29 is 0 Å². The fourth-order valence-corrected chi connectivity index (χ4v) is 2.15. The summed E-state index contributed by atoms with van der Waals surface area (Å²) < 4.78 is 0. The van der Waals surface area contributed by atoms with Crippen molar-refractivity contribution in [2.24, 2.45) is 0 Å². The first-order valence-electron chi connectivity index (χ1n) is 6.44. The molecule has 0 amide bonds. The van der Waals surface area contributed by atoms with Crippen LogP contribution in [0.2, 0.25) is 10.0 Å². The Morgan fingerprint density at radius 2 is 1.83 bits per heavy atom. The Kier molecular flexibility index (Phi) is 6.58. The van der Waals surface area contributed by atoms with E-state index in [4.69, 9.17) is 23.2 Å². The van der Waals surface area contributed by atoms with E-state index in [-0.39, 0.29) is 0 Å². The molecular weight excluding hydrogens is 269 g/mol. The lowest BCUT2D eigenvalue weighted by atomic mass is 10.2. The van der Waals surface area contributed by atoms with Crippen molar-refractivity contribution in [1.29, 1.82) is 0 Å². The van der Waals surface area contributed by atoms with Gasteiger partial charge in [-0.3, -0.25) is 0 Å². The Balaban J connectivity index is 2.83. The molecule has 0 aliphatic rings. The molecule has 1 unspecified atom stereocenters. The number of rotatable bonds is 7. The van der Waals surface area contributed by atoms with Gasteiger partial charge in [-0.25, -0.2) is 4.98 Å². The van der Waals surface area contributed by atoms with Crippen molar-refractivity contribution in [2.75, 3.05) is 17.2 Å². The SMILES string of the molecule is CCCNc1nc(NC(C)CCC)c(Cl)cc1Cl. The monoisotopic (exact) mass is 289 g/mol. The molecule has 5 heteroatoms. The summed E-state index contributed by atoms with van der Waals surface area (Å²) in [6.45, 7) is 7.22. The van der Waals surface area contributed by atoms with Crippen LogP contribution in [0.25, 0.3) is 0 Å². The summed E-state index contributed by atoms with van der Waals surface area (Å²) in [4.78, 5) is 4.45. The van der Waals surface area contributed by atoms with Gasteiger partial charge in [0.2, 0.25) is 0 Å². The summed E-state index contributed by atoms with van der Waals surface area (Å²) >= 11 is 12.2. The molecule has 0 aliphatic carbocycles. The van der Waals surface area contributed by atoms with Crippen LogP contribution in [0.15, 0.2) is 6.07 Å². The Labute approximate surface area is 119 Å². The van der Waals surface area contributed by atoms with E-state index in [1.54, 1.807) is 6.07 Å². The predicted molar refractivity (Wildman–Crippen MR) is 81.0 cm³/mol. The zero-order chi connectivity index (χ0) is 13.5. The molecule has 1 rings (SSSR count). The molecule has 2 N–H and O–H groups in total. The first kappa shape index (κ1) is 15.4. The molecule has 0 aliphatic heterocycles. The van der Waals surface area contributed by atoms with E-state index < -0.39 is 0 Å².